The zero-order valence-corrected chi connectivity index (χ0v) is 10.9. The fourth-order valence-corrected chi connectivity index (χ4v) is 3.16. The van der Waals surface area contributed by atoms with Crippen molar-refractivity contribution in [2.45, 2.75) is 29.5 Å². The molecule has 0 aromatic heterocycles. The number of nitrogens with one attached hydrogen (secondary N) is 1. The molecule has 3 nitrogen and oxygen atoms in total. The van der Waals surface area contributed by atoms with Crippen LogP contribution >= 0.6 is 11.8 Å². The minimum absolute atomic E-state index is 0.00621. The predicted molar refractivity (Wildman–Crippen MR) is 69.3 cm³/mol. The van der Waals surface area contributed by atoms with Gasteiger partial charge in [0, 0.05) is 18.0 Å². The van der Waals surface area contributed by atoms with E-state index in [2.05, 4.69) is 17.4 Å². The molecule has 0 bridgehead atoms. The zero-order valence-electron chi connectivity index (χ0n) is 10.1. The molecule has 1 heterocycles. The summed E-state index contributed by atoms with van der Waals surface area (Å²) in [5.74, 6) is 0.107. The lowest BCUT2D eigenvalue weighted by atomic mass is 10.1. The van der Waals surface area contributed by atoms with E-state index < -0.39 is 0 Å². The number of hydrogen-bond acceptors (Lipinski definition) is 3. The van der Waals surface area contributed by atoms with Crippen LogP contribution in [-0.4, -0.2) is 30.9 Å². The summed E-state index contributed by atoms with van der Waals surface area (Å²) < 4.78 is 5.01. The summed E-state index contributed by atoms with van der Waals surface area (Å²) in [7, 11) is 1.64. The molecule has 1 N–H and O–H groups in total. The fourth-order valence-electron chi connectivity index (χ4n) is 1.96. The van der Waals surface area contributed by atoms with E-state index in [0.717, 1.165) is 6.42 Å². The summed E-state index contributed by atoms with van der Waals surface area (Å²) in [6.07, 6.45) is 0.826. The number of carbonyl (C=O) groups excluding carboxylic acids is 1. The number of thioether (sulfide) groups is 1. The van der Waals surface area contributed by atoms with Gasteiger partial charge >= 0.3 is 0 Å². The number of benzene rings is 1. The number of fused-ring (bicyclic) bond motifs is 1. The van der Waals surface area contributed by atoms with Crippen LogP contribution in [0.1, 0.15) is 12.5 Å². The second-order valence-corrected chi connectivity index (χ2v) is 5.53. The molecule has 0 fully saturated rings. The van der Waals surface area contributed by atoms with Gasteiger partial charge in [0.15, 0.2) is 0 Å². The summed E-state index contributed by atoms with van der Waals surface area (Å²) >= 11 is 1.65. The van der Waals surface area contributed by atoms with E-state index in [4.69, 9.17) is 4.74 Å². The Hall–Kier alpha value is -1.00. The van der Waals surface area contributed by atoms with Crippen molar-refractivity contribution in [3.8, 4) is 0 Å². The van der Waals surface area contributed by atoms with Crippen molar-refractivity contribution in [2.24, 2.45) is 0 Å². The molecule has 1 aliphatic rings. The van der Waals surface area contributed by atoms with Crippen LogP contribution in [0.2, 0.25) is 0 Å². The van der Waals surface area contributed by atoms with Crippen molar-refractivity contribution in [3.63, 3.8) is 0 Å². The van der Waals surface area contributed by atoms with Crippen molar-refractivity contribution in [1.82, 2.24) is 5.32 Å². The standard InChI is InChI=1S/C13H17NO2S/c1-9(8-16-2)14-13(15)12-7-10-5-3-4-6-11(10)17-12/h3-6,9,12H,7-8H2,1-2H3,(H,14,15)/t9-,12-/m1/s1. The lowest BCUT2D eigenvalue weighted by Gasteiger charge is -2.15. The van der Waals surface area contributed by atoms with E-state index in [1.807, 2.05) is 19.1 Å². The van der Waals surface area contributed by atoms with E-state index in [-0.39, 0.29) is 17.2 Å². The van der Waals surface area contributed by atoms with Crippen molar-refractivity contribution < 1.29 is 9.53 Å². The SMILES string of the molecule is COC[C@@H](C)NC(=O)[C@H]1Cc2ccccc2S1. The van der Waals surface area contributed by atoms with Gasteiger partial charge in [-0.05, 0) is 25.0 Å². The first kappa shape index (κ1) is 12.5. The summed E-state index contributed by atoms with van der Waals surface area (Å²) in [6.45, 7) is 2.50. The topological polar surface area (TPSA) is 38.3 Å². The lowest BCUT2D eigenvalue weighted by Crippen LogP contribution is -2.40. The molecule has 1 amide bonds. The van der Waals surface area contributed by atoms with Gasteiger partial charge in [-0.2, -0.15) is 0 Å². The molecule has 0 spiro atoms. The summed E-state index contributed by atoms with van der Waals surface area (Å²) in [5.41, 5.74) is 1.28. The largest absolute Gasteiger partial charge is 0.383 e. The molecule has 2 rings (SSSR count). The molecule has 0 unspecified atom stereocenters. The van der Waals surface area contributed by atoms with Gasteiger partial charge in [0.05, 0.1) is 11.9 Å². The second-order valence-electron chi connectivity index (χ2n) is 4.28. The Labute approximate surface area is 106 Å². The smallest absolute Gasteiger partial charge is 0.234 e. The quantitative estimate of drug-likeness (QED) is 0.887. The summed E-state index contributed by atoms with van der Waals surface area (Å²) in [5, 5.41) is 2.98. The van der Waals surface area contributed by atoms with Gasteiger partial charge < -0.3 is 10.1 Å². The molecule has 4 heteroatoms. The Morgan fingerprint density at radius 3 is 3.06 bits per heavy atom. The Bertz CT molecular complexity index is 383. The minimum Gasteiger partial charge on any atom is -0.383 e. The van der Waals surface area contributed by atoms with Crippen LogP contribution in [0.4, 0.5) is 0 Å². The molecule has 2 atom stereocenters. The van der Waals surface area contributed by atoms with E-state index in [9.17, 15) is 4.79 Å². The molecule has 0 saturated carbocycles. The third-order valence-electron chi connectivity index (χ3n) is 2.74. The molecule has 92 valence electrons. The molecule has 0 aliphatic carbocycles. The molecule has 1 aromatic rings. The van der Waals surface area contributed by atoms with Gasteiger partial charge in [0.1, 0.15) is 0 Å². The molecule has 17 heavy (non-hydrogen) atoms. The molecular formula is C13H17NO2S. The first-order valence-electron chi connectivity index (χ1n) is 5.74. The van der Waals surface area contributed by atoms with Crippen molar-refractivity contribution in [1.29, 1.82) is 0 Å². The predicted octanol–water partition coefficient (Wildman–Crippen LogP) is 1.85. The molecule has 0 radical (unpaired) electrons. The van der Waals surface area contributed by atoms with Gasteiger partial charge in [0.25, 0.3) is 0 Å². The van der Waals surface area contributed by atoms with Crippen LogP contribution in [0.25, 0.3) is 0 Å². The molecule has 0 saturated heterocycles. The normalized spacial score (nSPS) is 19.8. The van der Waals surface area contributed by atoms with E-state index in [1.165, 1.54) is 10.5 Å². The minimum atomic E-state index is 0.00621. The number of carbonyl (C=O) groups is 1. The monoisotopic (exact) mass is 251 g/mol. The van der Waals surface area contributed by atoms with Crippen LogP contribution in [0, 0.1) is 0 Å². The third kappa shape index (κ3) is 3.01. The highest BCUT2D eigenvalue weighted by Gasteiger charge is 2.28. The average Bonchev–Trinajstić information content (AvgIpc) is 2.72. The maximum atomic E-state index is 12.0. The Kier molecular flexibility index (Phi) is 4.07. The molecule has 1 aliphatic heterocycles. The van der Waals surface area contributed by atoms with Crippen LogP contribution in [0.5, 0.6) is 0 Å². The first-order valence-corrected chi connectivity index (χ1v) is 6.62. The number of methoxy groups -OCH3 is 1. The van der Waals surface area contributed by atoms with Gasteiger partial charge in [-0.3, -0.25) is 4.79 Å². The third-order valence-corrected chi connectivity index (χ3v) is 4.06. The summed E-state index contributed by atoms with van der Waals surface area (Å²) in [4.78, 5) is 13.2. The zero-order chi connectivity index (χ0) is 12.3. The first-order chi connectivity index (χ1) is 8.20. The fraction of sp³-hybridized carbons (Fsp3) is 0.462. The second kappa shape index (κ2) is 5.56. The van der Waals surface area contributed by atoms with Crippen LogP contribution in [-0.2, 0) is 16.0 Å². The van der Waals surface area contributed by atoms with Crippen LogP contribution in [0.3, 0.4) is 0 Å². The van der Waals surface area contributed by atoms with E-state index >= 15 is 0 Å². The Balaban J connectivity index is 1.92. The number of hydrogen-bond donors (Lipinski definition) is 1. The van der Waals surface area contributed by atoms with Gasteiger partial charge in [-0.1, -0.05) is 18.2 Å². The molecular weight excluding hydrogens is 234 g/mol. The van der Waals surface area contributed by atoms with Crippen molar-refractivity contribution in [3.05, 3.63) is 29.8 Å². The van der Waals surface area contributed by atoms with Crippen molar-refractivity contribution in [2.75, 3.05) is 13.7 Å². The van der Waals surface area contributed by atoms with Gasteiger partial charge in [-0.25, -0.2) is 0 Å². The number of ether oxygens (including phenoxy) is 1. The van der Waals surface area contributed by atoms with Crippen LogP contribution in [0.15, 0.2) is 29.2 Å². The van der Waals surface area contributed by atoms with E-state index in [1.54, 1.807) is 18.9 Å². The average molecular weight is 251 g/mol. The highest BCUT2D eigenvalue weighted by Crippen LogP contribution is 2.36. The van der Waals surface area contributed by atoms with Gasteiger partial charge in [-0.15, -0.1) is 11.8 Å². The summed E-state index contributed by atoms with van der Waals surface area (Å²) in [6, 6.07) is 8.27. The highest BCUT2D eigenvalue weighted by atomic mass is 32.2. The Morgan fingerprint density at radius 1 is 1.59 bits per heavy atom. The Morgan fingerprint density at radius 2 is 2.35 bits per heavy atom. The maximum Gasteiger partial charge on any atom is 0.234 e. The highest BCUT2D eigenvalue weighted by molar-refractivity contribution is 8.01. The number of amides is 1. The number of rotatable bonds is 4. The lowest BCUT2D eigenvalue weighted by molar-refractivity contribution is -0.121. The van der Waals surface area contributed by atoms with E-state index in [0.29, 0.717) is 6.61 Å². The van der Waals surface area contributed by atoms with Gasteiger partial charge in [0.2, 0.25) is 5.91 Å². The van der Waals surface area contributed by atoms with Crippen LogP contribution < -0.4 is 5.32 Å². The van der Waals surface area contributed by atoms with Crippen molar-refractivity contribution >= 4 is 17.7 Å². The molecule has 1 aromatic carbocycles. The maximum absolute atomic E-state index is 12.0.